The molecule has 0 atom stereocenters. The smallest absolute Gasteiger partial charge is 0.0107 e. The van der Waals surface area contributed by atoms with E-state index in [-0.39, 0.29) is 7.92 Å². The summed E-state index contributed by atoms with van der Waals surface area (Å²) in [5.41, 5.74) is 2.07. The fourth-order valence-corrected chi connectivity index (χ4v) is 7.42. The Morgan fingerprint density at radius 2 is 1.37 bits per heavy atom. The molecule has 0 aromatic heterocycles. The van der Waals surface area contributed by atoms with Crippen molar-refractivity contribution in [3.63, 3.8) is 0 Å². The highest BCUT2D eigenvalue weighted by atomic mass is 31.1. The first-order chi connectivity index (χ1) is 9.43. The molecule has 19 heavy (non-hydrogen) atoms. The van der Waals surface area contributed by atoms with Crippen LogP contribution < -0.4 is 5.30 Å². The van der Waals surface area contributed by atoms with Crippen LogP contribution in [0.2, 0.25) is 0 Å². The molecule has 0 heterocycles. The molecule has 0 N–H and O–H groups in total. The van der Waals surface area contributed by atoms with Gasteiger partial charge in [0.05, 0.1) is 0 Å². The summed E-state index contributed by atoms with van der Waals surface area (Å²) in [5.74, 6) is 0. The molecule has 4 rings (SSSR count). The van der Waals surface area contributed by atoms with Gasteiger partial charge in [-0.25, -0.2) is 0 Å². The zero-order valence-corrected chi connectivity index (χ0v) is 12.3. The van der Waals surface area contributed by atoms with Gasteiger partial charge in [-0.3, -0.25) is 0 Å². The lowest BCUT2D eigenvalue weighted by molar-refractivity contribution is 0.479. The Hall–Kier alpha value is -0.870. The predicted molar refractivity (Wildman–Crippen MR) is 85.8 cm³/mol. The number of hydrogen-bond acceptors (Lipinski definition) is 0. The van der Waals surface area contributed by atoms with E-state index in [1.54, 1.807) is 5.30 Å². The first kappa shape index (κ1) is 11.9. The Balaban J connectivity index is 1.81. The minimum atomic E-state index is 0.0954. The number of benzene rings is 2. The van der Waals surface area contributed by atoms with Crippen molar-refractivity contribution in [2.24, 2.45) is 0 Å². The molecule has 2 aromatic rings. The maximum Gasteiger partial charge on any atom is -0.0107 e. The van der Waals surface area contributed by atoms with Gasteiger partial charge in [0.15, 0.2) is 0 Å². The van der Waals surface area contributed by atoms with E-state index in [0.717, 1.165) is 11.3 Å². The minimum Gasteiger partial charge on any atom is -0.0683 e. The third-order valence-corrected chi connectivity index (χ3v) is 8.53. The number of fused-ring (bicyclic) bond motifs is 1. The second-order valence-corrected chi connectivity index (χ2v) is 8.83. The molecule has 2 aliphatic rings. The van der Waals surface area contributed by atoms with Crippen LogP contribution in [0.25, 0.3) is 10.8 Å². The summed E-state index contributed by atoms with van der Waals surface area (Å²) in [6.07, 6.45) is 8.91. The van der Waals surface area contributed by atoms with Crippen LogP contribution in [0.3, 0.4) is 0 Å². The fraction of sp³-hybridized carbons (Fsp3) is 0.444. The lowest BCUT2D eigenvalue weighted by Gasteiger charge is -2.43. The van der Waals surface area contributed by atoms with Crippen LogP contribution in [0.1, 0.15) is 38.5 Å². The van der Waals surface area contributed by atoms with E-state index < -0.39 is 0 Å². The van der Waals surface area contributed by atoms with E-state index >= 15 is 0 Å². The summed E-state index contributed by atoms with van der Waals surface area (Å²) in [4.78, 5) is 0. The van der Waals surface area contributed by atoms with Crippen molar-refractivity contribution in [1.82, 2.24) is 0 Å². The molecule has 0 unspecified atom stereocenters. The monoisotopic (exact) mass is 268 g/mol. The van der Waals surface area contributed by atoms with Crippen LogP contribution in [0.15, 0.2) is 42.5 Å². The summed E-state index contributed by atoms with van der Waals surface area (Å²) >= 11 is 0. The highest BCUT2D eigenvalue weighted by Gasteiger charge is 2.37. The van der Waals surface area contributed by atoms with E-state index in [1.807, 2.05) is 0 Å². The van der Waals surface area contributed by atoms with E-state index in [0.29, 0.717) is 0 Å². The average molecular weight is 268 g/mol. The molecule has 0 radical (unpaired) electrons. The highest BCUT2D eigenvalue weighted by molar-refractivity contribution is 7.67. The molecule has 2 aliphatic carbocycles. The Kier molecular flexibility index (Phi) is 3.08. The van der Waals surface area contributed by atoms with Gasteiger partial charge in [0.25, 0.3) is 0 Å². The van der Waals surface area contributed by atoms with Crippen LogP contribution >= 0.6 is 7.92 Å². The van der Waals surface area contributed by atoms with Gasteiger partial charge >= 0.3 is 0 Å². The molecular formula is C18H21P. The van der Waals surface area contributed by atoms with E-state index in [4.69, 9.17) is 0 Å². The number of rotatable bonds is 3. The van der Waals surface area contributed by atoms with Crippen LogP contribution in [-0.4, -0.2) is 11.3 Å². The van der Waals surface area contributed by atoms with Crippen LogP contribution in [0.4, 0.5) is 0 Å². The summed E-state index contributed by atoms with van der Waals surface area (Å²) in [5, 5.41) is 4.68. The maximum atomic E-state index is 2.44. The Bertz CT molecular complexity index is 562. The van der Waals surface area contributed by atoms with Gasteiger partial charge in [-0.05, 0) is 53.1 Å². The van der Waals surface area contributed by atoms with E-state index in [9.17, 15) is 0 Å². The van der Waals surface area contributed by atoms with Gasteiger partial charge in [-0.1, -0.05) is 63.2 Å². The highest BCUT2D eigenvalue weighted by Crippen LogP contribution is 2.59. The van der Waals surface area contributed by atoms with Crippen LogP contribution in [0.5, 0.6) is 0 Å². The van der Waals surface area contributed by atoms with E-state index in [2.05, 4.69) is 42.5 Å². The molecule has 0 bridgehead atoms. The summed E-state index contributed by atoms with van der Waals surface area (Å²) < 4.78 is 0. The molecule has 2 fully saturated rings. The Morgan fingerprint density at radius 3 is 2.00 bits per heavy atom. The van der Waals surface area contributed by atoms with Gasteiger partial charge in [0, 0.05) is 0 Å². The zero-order valence-electron chi connectivity index (χ0n) is 11.4. The Labute approximate surface area is 117 Å². The molecular weight excluding hydrogens is 247 g/mol. The first-order valence-corrected chi connectivity index (χ1v) is 9.17. The van der Waals surface area contributed by atoms with Gasteiger partial charge in [-0.2, -0.15) is 0 Å². The summed E-state index contributed by atoms with van der Waals surface area (Å²) in [6.45, 7) is 0. The summed E-state index contributed by atoms with van der Waals surface area (Å²) in [6, 6.07) is 16.0. The lowest BCUT2D eigenvalue weighted by atomic mass is 9.99. The van der Waals surface area contributed by atoms with Gasteiger partial charge in [0.1, 0.15) is 0 Å². The molecule has 0 nitrogen and oxygen atoms in total. The van der Waals surface area contributed by atoms with Crippen LogP contribution in [-0.2, 0) is 0 Å². The maximum absolute atomic E-state index is 2.44. The third kappa shape index (κ3) is 2.01. The van der Waals surface area contributed by atoms with E-state index in [1.165, 1.54) is 49.3 Å². The normalized spacial score (nSPS) is 20.5. The van der Waals surface area contributed by atoms with Crippen molar-refractivity contribution < 1.29 is 0 Å². The predicted octanol–water partition coefficient (Wildman–Crippen LogP) is 5.05. The Morgan fingerprint density at radius 1 is 0.737 bits per heavy atom. The average Bonchev–Trinajstić information content (AvgIpc) is 2.33. The van der Waals surface area contributed by atoms with Crippen molar-refractivity contribution in [2.75, 3.05) is 0 Å². The van der Waals surface area contributed by atoms with Crippen molar-refractivity contribution in [1.29, 1.82) is 0 Å². The molecule has 1 heteroatoms. The molecule has 2 aromatic carbocycles. The minimum absolute atomic E-state index is 0.0954. The number of hydrogen-bond donors (Lipinski definition) is 0. The van der Waals surface area contributed by atoms with Crippen molar-refractivity contribution >= 4 is 24.0 Å². The zero-order chi connectivity index (χ0) is 12.7. The van der Waals surface area contributed by atoms with Crippen LogP contribution in [0, 0.1) is 0 Å². The topological polar surface area (TPSA) is 0 Å². The SMILES string of the molecule is c1ccc2c(P(C3CCC3)C3CCC3)cccc2c1. The third-order valence-electron chi connectivity index (χ3n) is 4.98. The second-order valence-electron chi connectivity index (χ2n) is 6.07. The molecule has 98 valence electrons. The summed E-state index contributed by atoms with van der Waals surface area (Å²) in [7, 11) is 0.0954. The lowest BCUT2D eigenvalue weighted by Crippen LogP contribution is -2.31. The second kappa shape index (κ2) is 4.91. The first-order valence-electron chi connectivity index (χ1n) is 7.69. The van der Waals surface area contributed by atoms with Gasteiger partial charge in [-0.15, -0.1) is 0 Å². The van der Waals surface area contributed by atoms with Crippen molar-refractivity contribution in [2.45, 2.75) is 49.8 Å². The van der Waals surface area contributed by atoms with Crippen molar-refractivity contribution in [3.8, 4) is 0 Å². The molecule has 0 amide bonds. The fourth-order valence-electron chi connectivity index (χ4n) is 3.45. The van der Waals surface area contributed by atoms with Gasteiger partial charge in [0.2, 0.25) is 0 Å². The molecule has 2 saturated carbocycles. The molecule has 0 aliphatic heterocycles. The molecule has 0 saturated heterocycles. The standard InChI is InChI=1S/C18H21P/c1-2-12-17-14(6-1)7-3-13-18(17)19(15-8-4-9-15)16-10-5-11-16/h1-3,6-7,12-13,15-16H,4-5,8-11H2. The quantitative estimate of drug-likeness (QED) is 0.683. The largest absolute Gasteiger partial charge is 0.0683 e. The molecule has 0 spiro atoms. The van der Waals surface area contributed by atoms with Gasteiger partial charge < -0.3 is 0 Å². The van der Waals surface area contributed by atoms with Crippen molar-refractivity contribution in [3.05, 3.63) is 42.5 Å².